The van der Waals surface area contributed by atoms with E-state index in [-0.39, 0.29) is 11.7 Å². The van der Waals surface area contributed by atoms with Gasteiger partial charge in [-0.3, -0.25) is 9.59 Å². The molecule has 0 saturated heterocycles. The second-order valence-electron chi connectivity index (χ2n) is 7.86. The van der Waals surface area contributed by atoms with Gasteiger partial charge in [0.1, 0.15) is 0 Å². The van der Waals surface area contributed by atoms with E-state index in [4.69, 9.17) is 0 Å². The molecule has 1 aromatic carbocycles. The Morgan fingerprint density at radius 1 is 1.31 bits per heavy atom. The van der Waals surface area contributed by atoms with Crippen LogP contribution in [0.4, 0.5) is 0 Å². The highest BCUT2D eigenvalue weighted by molar-refractivity contribution is 6.06. The number of aryl methyl sites for hydroxylation is 2. The maximum atomic E-state index is 12.9. The van der Waals surface area contributed by atoms with Gasteiger partial charge in [0.2, 0.25) is 0 Å². The summed E-state index contributed by atoms with van der Waals surface area (Å²) in [5, 5.41) is 14.8. The van der Waals surface area contributed by atoms with Gasteiger partial charge in [-0.05, 0) is 63.3 Å². The number of Topliss-reactive ketones (excluding diaryl/α,β-unsaturated/α-hetero) is 1. The van der Waals surface area contributed by atoms with Crippen molar-refractivity contribution < 1.29 is 14.7 Å². The van der Waals surface area contributed by atoms with Crippen molar-refractivity contribution in [2.75, 3.05) is 0 Å². The number of benzene rings is 1. The molecule has 0 fully saturated rings. The zero-order valence-electron chi connectivity index (χ0n) is 17.3. The molecule has 1 aliphatic rings. The van der Waals surface area contributed by atoms with Crippen molar-refractivity contribution in [2.24, 2.45) is 0 Å². The Labute approximate surface area is 172 Å². The molecule has 3 rings (SSSR count). The number of nitrogens with zero attached hydrogens (tertiary/aromatic N) is 1. The topological polar surface area (TPSA) is 71.3 Å². The van der Waals surface area contributed by atoms with Crippen LogP contribution in [-0.4, -0.2) is 33.0 Å². The van der Waals surface area contributed by atoms with Crippen LogP contribution in [-0.2, 0) is 13.0 Å². The molecule has 1 amide bonds. The minimum absolute atomic E-state index is 0.183. The molecular weight excluding hydrogens is 364 g/mol. The molecule has 0 saturated carbocycles. The average Bonchev–Trinajstić information content (AvgIpc) is 3.02. The Hall–Kier alpha value is -2.66. The Balaban J connectivity index is 1.94. The number of ketones is 1. The van der Waals surface area contributed by atoms with Gasteiger partial charge in [0.25, 0.3) is 5.91 Å². The molecule has 0 spiro atoms. The predicted molar refractivity (Wildman–Crippen MR) is 116 cm³/mol. The molecule has 5 heteroatoms. The lowest BCUT2D eigenvalue weighted by Gasteiger charge is -2.33. The normalized spacial score (nSPS) is 15.1. The first-order chi connectivity index (χ1) is 13.9. The highest BCUT2D eigenvalue weighted by atomic mass is 16.3. The number of hydrogen-bond acceptors (Lipinski definition) is 3. The van der Waals surface area contributed by atoms with E-state index in [2.05, 4.69) is 23.0 Å². The number of rotatable bonds is 8. The van der Waals surface area contributed by atoms with Crippen LogP contribution >= 0.6 is 0 Å². The van der Waals surface area contributed by atoms with E-state index in [1.807, 2.05) is 19.1 Å². The molecule has 1 atom stereocenters. The molecule has 2 aromatic rings. The van der Waals surface area contributed by atoms with E-state index in [1.54, 1.807) is 25.1 Å². The molecule has 1 aromatic heterocycles. The molecule has 154 valence electrons. The molecule has 1 heterocycles. The van der Waals surface area contributed by atoms with Crippen LogP contribution in [0.3, 0.4) is 0 Å². The SMILES string of the molecule is C=CCC(O)(CC=C)[C@@H](C)NC(=O)c1ccc2c(c1)c1c(n2CC)C(=O)CCC1. The van der Waals surface area contributed by atoms with Crippen LogP contribution < -0.4 is 5.32 Å². The van der Waals surface area contributed by atoms with E-state index in [9.17, 15) is 14.7 Å². The van der Waals surface area contributed by atoms with E-state index >= 15 is 0 Å². The number of carbonyl (C=O) groups excluding carboxylic acids is 2. The van der Waals surface area contributed by atoms with Crippen LogP contribution in [0, 0.1) is 0 Å². The van der Waals surface area contributed by atoms with Crippen molar-refractivity contribution in [3.8, 4) is 0 Å². The van der Waals surface area contributed by atoms with Gasteiger partial charge in [-0.1, -0.05) is 12.2 Å². The summed E-state index contributed by atoms with van der Waals surface area (Å²) in [6.07, 6.45) is 6.29. The molecule has 0 bridgehead atoms. The molecule has 29 heavy (non-hydrogen) atoms. The lowest BCUT2D eigenvalue weighted by atomic mass is 9.88. The van der Waals surface area contributed by atoms with Crippen molar-refractivity contribution in [3.05, 3.63) is 60.3 Å². The first-order valence-corrected chi connectivity index (χ1v) is 10.3. The fourth-order valence-electron chi connectivity index (χ4n) is 4.36. The minimum atomic E-state index is -1.12. The van der Waals surface area contributed by atoms with E-state index < -0.39 is 11.6 Å². The van der Waals surface area contributed by atoms with Crippen molar-refractivity contribution in [1.82, 2.24) is 9.88 Å². The molecule has 0 radical (unpaired) electrons. The smallest absolute Gasteiger partial charge is 0.251 e. The molecule has 0 unspecified atom stereocenters. The quantitative estimate of drug-likeness (QED) is 0.660. The van der Waals surface area contributed by atoms with Gasteiger partial charge < -0.3 is 15.0 Å². The molecular formula is C24H30N2O3. The van der Waals surface area contributed by atoms with Crippen molar-refractivity contribution in [3.63, 3.8) is 0 Å². The van der Waals surface area contributed by atoms with Gasteiger partial charge in [-0.25, -0.2) is 0 Å². The summed E-state index contributed by atoms with van der Waals surface area (Å²) in [4.78, 5) is 25.4. The summed E-state index contributed by atoms with van der Waals surface area (Å²) in [6, 6.07) is 5.11. The van der Waals surface area contributed by atoms with Crippen LogP contribution in [0.5, 0.6) is 0 Å². The van der Waals surface area contributed by atoms with E-state index in [0.717, 1.165) is 41.5 Å². The van der Waals surface area contributed by atoms with Crippen molar-refractivity contribution in [1.29, 1.82) is 0 Å². The first kappa shape index (κ1) is 21.1. The Morgan fingerprint density at radius 2 is 2.00 bits per heavy atom. The summed E-state index contributed by atoms with van der Waals surface area (Å²) >= 11 is 0. The van der Waals surface area contributed by atoms with Gasteiger partial charge >= 0.3 is 0 Å². The third-order valence-electron chi connectivity index (χ3n) is 5.99. The number of carbonyl (C=O) groups is 2. The monoisotopic (exact) mass is 394 g/mol. The average molecular weight is 395 g/mol. The first-order valence-electron chi connectivity index (χ1n) is 10.3. The van der Waals surface area contributed by atoms with Gasteiger partial charge in [0.05, 0.1) is 17.3 Å². The number of fused-ring (bicyclic) bond motifs is 3. The molecule has 1 aliphatic carbocycles. The molecule has 5 nitrogen and oxygen atoms in total. The number of hydrogen-bond donors (Lipinski definition) is 2. The second kappa shape index (κ2) is 8.37. The highest BCUT2D eigenvalue weighted by Gasteiger charge is 2.33. The maximum Gasteiger partial charge on any atom is 0.251 e. The van der Waals surface area contributed by atoms with Crippen LogP contribution in [0.2, 0.25) is 0 Å². The number of nitrogens with one attached hydrogen (secondary N) is 1. The minimum Gasteiger partial charge on any atom is -0.387 e. The molecule has 0 aliphatic heterocycles. The number of aromatic nitrogens is 1. The lowest BCUT2D eigenvalue weighted by molar-refractivity contribution is 0.0127. The fraction of sp³-hybridized carbons (Fsp3) is 0.417. The Kier molecular flexibility index (Phi) is 6.08. The Morgan fingerprint density at radius 3 is 2.62 bits per heavy atom. The summed E-state index contributed by atoms with van der Waals surface area (Å²) in [5.41, 5.74) is 2.24. The highest BCUT2D eigenvalue weighted by Crippen LogP contribution is 2.33. The van der Waals surface area contributed by atoms with Crippen LogP contribution in [0.15, 0.2) is 43.5 Å². The van der Waals surface area contributed by atoms with Gasteiger partial charge in [0, 0.05) is 29.4 Å². The van der Waals surface area contributed by atoms with Crippen molar-refractivity contribution >= 4 is 22.6 Å². The number of aliphatic hydroxyl groups is 1. The number of amides is 1. The maximum absolute atomic E-state index is 12.9. The molecule has 2 N–H and O–H groups in total. The fourth-order valence-corrected chi connectivity index (χ4v) is 4.36. The zero-order chi connectivity index (χ0) is 21.2. The standard InChI is InChI=1S/C24H30N2O3/c1-5-13-24(29,14-6-2)16(4)25-23(28)17-11-12-20-19(15-17)18-9-8-10-21(27)22(18)26(20)7-3/h5-6,11-12,15-16,29H,1-2,7-10,13-14H2,3-4H3,(H,25,28)/t16-/m1/s1. The van der Waals surface area contributed by atoms with Crippen LogP contribution in [0.1, 0.15) is 65.9 Å². The Bertz CT molecular complexity index is 960. The lowest BCUT2D eigenvalue weighted by Crippen LogP contribution is -2.50. The van der Waals surface area contributed by atoms with Crippen LogP contribution in [0.25, 0.3) is 10.9 Å². The summed E-state index contributed by atoms with van der Waals surface area (Å²) in [6.45, 7) is 11.9. The van der Waals surface area contributed by atoms with Crippen molar-refractivity contribution in [2.45, 2.75) is 64.1 Å². The second-order valence-corrected chi connectivity index (χ2v) is 7.86. The van der Waals surface area contributed by atoms with E-state index in [0.29, 0.717) is 24.8 Å². The van der Waals surface area contributed by atoms with Gasteiger partial charge in [-0.15, -0.1) is 13.2 Å². The summed E-state index contributed by atoms with van der Waals surface area (Å²) in [7, 11) is 0. The predicted octanol–water partition coefficient (Wildman–Crippen LogP) is 4.18. The van der Waals surface area contributed by atoms with E-state index in [1.165, 1.54) is 0 Å². The summed E-state index contributed by atoms with van der Waals surface area (Å²) in [5.74, 6) is -0.0612. The van der Waals surface area contributed by atoms with Gasteiger partial charge in [0.15, 0.2) is 5.78 Å². The third kappa shape index (κ3) is 3.79. The van der Waals surface area contributed by atoms with Gasteiger partial charge in [-0.2, -0.15) is 0 Å². The summed E-state index contributed by atoms with van der Waals surface area (Å²) < 4.78 is 2.06. The largest absolute Gasteiger partial charge is 0.387 e. The zero-order valence-corrected chi connectivity index (χ0v) is 17.3. The third-order valence-corrected chi connectivity index (χ3v) is 5.99.